The lowest BCUT2D eigenvalue weighted by Gasteiger charge is -2.13. The third-order valence-electron chi connectivity index (χ3n) is 2.95. The van der Waals surface area contributed by atoms with E-state index in [4.69, 9.17) is 11.6 Å². The number of rotatable bonds is 6. The smallest absolute Gasteiger partial charge is 0.278 e. The molecule has 26 heavy (non-hydrogen) atoms. The Morgan fingerprint density at radius 1 is 1.19 bits per heavy atom. The summed E-state index contributed by atoms with van der Waals surface area (Å²) < 4.78 is 64.2. The van der Waals surface area contributed by atoms with Crippen LogP contribution in [0.5, 0.6) is 0 Å². The molecular weight excluding hydrogens is 417 g/mol. The summed E-state index contributed by atoms with van der Waals surface area (Å²) in [5.74, 6) is -1.20. The highest BCUT2D eigenvalue weighted by Crippen LogP contribution is 2.34. The molecule has 0 radical (unpaired) electrons. The lowest BCUT2D eigenvalue weighted by molar-refractivity contribution is -0.384. The maximum absolute atomic E-state index is 12.4. The summed E-state index contributed by atoms with van der Waals surface area (Å²) in [5.41, 5.74) is -0.673. The molecule has 0 aliphatic rings. The van der Waals surface area contributed by atoms with E-state index in [-0.39, 0.29) is 15.6 Å². The number of nitrogens with zero attached hydrogens (tertiary/aromatic N) is 1. The summed E-state index contributed by atoms with van der Waals surface area (Å²) in [6.45, 7) is 0. The van der Waals surface area contributed by atoms with E-state index in [1.54, 1.807) is 0 Å². The van der Waals surface area contributed by atoms with Crippen molar-refractivity contribution in [2.24, 2.45) is 0 Å². The van der Waals surface area contributed by atoms with Gasteiger partial charge in [-0.3, -0.25) is 14.8 Å². The van der Waals surface area contributed by atoms with Gasteiger partial charge in [0.25, 0.3) is 15.7 Å². The minimum Gasteiger partial charge on any atom is -0.278 e. The van der Waals surface area contributed by atoms with Gasteiger partial charge in [0.1, 0.15) is 5.02 Å². The largest absolute Gasteiger partial charge is 0.398 e. The number of halogens is 4. The fraction of sp³-hybridized carbons (Fsp3) is 0.143. The predicted octanol–water partition coefficient (Wildman–Crippen LogP) is 4.70. The van der Waals surface area contributed by atoms with Gasteiger partial charge >= 0.3 is 6.18 Å². The third-order valence-corrected chi connectivity index (χ3v) is 5.77. The summed E-state index contributed by atoms with van der Waals surface area (Å²) in [7, 11) is -4.27. The van der Waals surface area contributed by atoms with Gasteiger partial charge in [-0.15, -0.1) is 11.8 Å². The summed E-state index contributed by atoms with van der Waals surface area (Å²) in [6.07, 6.45) is -4.42. The second-order valence-corrected chi connectivity index (χ2v) is 7.98. The van der Waals surface area contributed by atoms with Crippen LogP contribution < -0.4 is 4.72 Å². The Labute approximate surface area is 155 Å². The maximum Gasteiger partial charge on any atom is 0.398 e. The molecule has 0 atom stereocenters. The maximum atomic E-state index is 12.4. The normalized spacial score (nSPS) is 12.0. The molecule has 0 saturated heterocycles. The molecule has 140 valence electrons. The van der Waals surface area contributed by atoms with Crippen LogP contribution >= 0.6 is 23.4 Å². The van der Waals surface area contributed by atoms with Crippen molar-refractivity contribution in [1.82, 2.24) is 0 Å². The number of para-hydroxylation sites is 1. The van der Waals surface area contributed by atoms with Crippen LogP contribution in [-0.2, 0) is 10.0 Å². The molecule has 2 aromatic carbocycles. The van der Waals surface area contributed by atoms with E-state index in [2.05, 4.69) is 4.72 Å². The average molecular weight is 427 g/mol. The van der Waals surface area contributed by atoms with E-state index in [9.17, 15) is 31.7 Å². The summed E-state index contributed by atoms with van der Waals surface area (Å²) >= 11 is 6.06. The van der Waals surface area contributed by atoms with Gasteiger partial charge in [-0.1, -0.05) is 23.7 Å². The molecule has 0 aliphatic carbocycles. The molecule has 12 heteroatoms. The van der Waals surface area contributed by atoms with E-state index >= 15 is 0 Å². The van der Waals surface area contributed by atoms with Gasteiger partial charge in [0.05, 0.1) is 21.3 Å². The molecule has 0 unspecified atom stereocenters. The zero-order valence-corrected chi connectivity index (χ0v) is 15.0. The molecule has 0 fully saturated rings. The van der Waals surface area contributed by atoms with Crippen LogP contribution in [0.15, 0.2) is 52.3 Å². The monoisotopic (exact) mass is 426 g/mol. The second-order valence-electron chi connectivity index (χ2n) is 4.88. The highest BCUT2D eigenvalue weighted by molar-refractivity contribution is 7.99. The van der Waals surface area contributed by atoms with Gasteiger partial charge in [0.15, 0.2) is 0 Å². The molecule has 0 spiro atoms. The lowest BCUT2D eigenvalue weighted by atomic mass is 10.3. The number of sulfonamides is 1. The Bertz CT molecular complexity index is 936. The summed E-state index contributed by atoms with van der Waals surface area (Å²) in [4.78, 5) is 9.68. The van der Waals surface area contributed by atoms with Crippen LogP contribution in [0.2, 0.25) is 5.02 Å². The number of hydrogen-bond donors (Lipinski definition) is 1. The number of nitrogens with one attached hydrogen (secondary N) is 1. The van der Waals surface area contributed by atoms with Gasteiger partial charge in [-0.2, -0.15) is 13.2 Å². The van der Waals surface area contributed by atoms with Gasteiger partial charge in [-0.25, -0.2) is 8.42 Å². The van der Waals surface area contributed by atoms with Crippen molar-refractivity contribution >= 4 is 44.8 Å². The highest BCUT2D eigenvalue weighted by Gasteiger charge is 2.28. The van der Waals surface area contributed by atoms with Crippen molar-refractivity contribution in [2.75, 3.05) is 10.5 Å². The molecule has 0 bridgehead atoms. The van der Waals surface area contributed by atoms with Crippen molar-refractivity contribution in [3.63, 3.8) is 0 Å². The minimum atomic E-state index is -4.42. The topological polar surface area (TPSA) is 89.3 Å². The first kappa shape index (κ1) is 20.3. The van der Waals surface area contributed by atoms with Gasteiger partial charge < -0.3 is 0 Å². The van der Waals surface area contributed by atoms with Crippen molar-refractivity contribution in [3.05, 3.63) is 57.6 Å². The molecule has 0 amide bonds. The zero-order chi connectivity index (χ0) is 19.5. The first-order valence-corrected chi connectivity index (χ1v) is 9.59. The zero-order valence-electron chi connectivity index (χ0n) is 12.7. The van der Waals surface area contributed by atoms with E-state index in [0.717, 1.165) is 18.2 Å². The van der Waals surface area contributed by atoms with Crippen LogP contribution in [0, 0.1) is 10.1 Å². The van der Waals surface area contributed by atoms with Gasteiger partial charge in [-0.05, 0) is 24.3 Å². The van der Waals surface area contributed by atoms with E-state index < -0.39 is 37.5 Å². The fourth-order valence-corrected chi connectivity index (χ4v) is 3.96. The molecule has 0 aliphatic heterocycles. The SMILES string of the molecule is O=[N+]([O-])c1cc(S(=O)(=O)Nc2ccccc2SCC(F)(F)F)ccc1Cl. The third kappa shape index (κ3) is 5.26. The van der Waals surface area contributed by atoms with Crippen LogP contribution in [0.4, 0.5) is 24.5 Å². The molecular formula is C14H10ClF3N2O4S2. The fourth-order valence-electron chi connectivity index (χ4n) is 1.84. The molecule has 0 heterocycles. The average Bonchev–Trinajstić information content (AvgIpc) is 2.53. The van der Waals surface area contributed by atoms with Crippen molar-refractivity contribution in [2.45, 2.75) is 16.0 Å². The highest BCUT2D eigenvalue weighted by atomic mass is 35.5. The van der Waals surface area contributed by atoms with Crippen LogP contribution in [0.1, 0.15) is 0 Å². The first-order valence-electron chi connectivity index (χ1n) is 6.75. The minimum absolute atomic E-state index is 0.0665. The van der Waals surface area contributed by atoms with Crippen molar-refractivity contribution < 1.29 is 26.5 Å². The Hall–Kier alpha value is -1.98. The first-order chi connectivity index (χ1) is 12.0. The number of nitro benzene ring substituents is 1. The Morgan fingerprint density at radius 3 is 2.46 bits per heavy atom. The van der Waals surface area contributed by atoms with Crippen LogP contribution in [-0.4, -0.2) is 25.3 Å². The summed E-state index contributed by atoms with van der Waals surface area (Å²) in [6, 6.07) is 8.42. The molecule has 2 aromatic rings. The Kier molecular flexibility index (Phi) is 6.04. The molecule has 0 saturated carbocycles. The van der Waals surface area contributed by atoms with Crippen LogP contribution in [0.25, 0.3) is 0 Å². The van der Waals surface area contributed by atoms with Crippen molar-refractivity contribution in [1.29, 1.82) is 0 Å². The van der Waals surface area contributed by atoms with E-state index in [1.807, 2.05) is 0 Å². The van der Waals surface area contributed by atoms with Crippen LogP contribution in [0.3, 0.4) is 0 Å². The lowest BCUT2D eigenvalue weighted by Crippen LogP contribution is -2.15. The molecule has 6 nitrogen and oxygen atoms in total. The Balaban J connectivity index is 2.33. The number of benzene rings is 2. The van der Waals surface area contributed by atoms with Crippen molar-refractivity contribution in [3.8, 4) is 0 Å². The predicted molar refractivity (Wildman–Crippen MR) is 92.1 cm³/mol. The quantitative estimate of drug-likeness (QED) is 0.410. The number of hydrogen-bond acceptors (Lipinski definition) is 5. The Morgan fingerprint density at radius 2 is 1.85 bits per heavy atom. The number of thioether (sulfide) groups is 1. The molecule has 1 N–H and O–H groups in total. The van der Waals surface area contributed by atoms with E-state index in [0.29, 0.717) is 11.8 Å². The van der Waals surface area contributed by atoms with Gasteiger partial charge in [0, 0.05) is 11.0 Å². The van der Waals surface area contributed by atoms with Gasteiger partial charge in [0.2, 0.25) is 0 Å². The van der Waals surface area contributed by atoms with E-state index in [1.165, 1.54) is 24.3 Å². The number of nitro groups is 1. The molecule has 2 rings (SSSR count). The number of alkyl halides is 3. The molecule has 0 aromatic heterocycles. The standard InChI is InChI=1S/C14H10ClF3N2O4S2/c15-10-6-5-9(7-12(10)20(21)22)26(23,24)19-11-3-1-2-4-13(11)25-8-14(16,17)18/h1-7,19H,8H2. The number of anilines is 1. The summed E-state index contributed by atoms with van der Waals surface area (Å²) in [5, 5.41) is 10.6. The second kappa shape index (κ2) is 7.72.